The number of aromatic amines is 1. The van der Waals surface area contributed by atoms with Crippen LogP contribution in [0.4, 0.5) is 8.78 Å². The van der Waals surface area contributed by atoms with Crippen LogP contribution < -0.4 is 0 Å². The Kier molecular flexibility index (Phi) is 4.88. The molecule has 32 heavy (non-hydrogen) atoms. The molecule has 4 aromatic rings. The number of hydrogen-bond donors (Lipinski definition) is 1. The zero-order valence-corrected chi connectivity index (χ0v) is 18.2. The molecule has 1 N–H and O–H groups in total. The van der Waals surface area contributed by atoms with Crippen LogP contribution in [0.1, 0.15) is 49.0 Å². The highest BCUT2D eigenvalue weighted by atomic mass is 35.5. The van der Waals surface area contributed by atoms with Crippen LogP contribution in [0.25, 0.3) is 21.9 Å². The molecule has 0 amide bonds. The third-order valence-electron chi connectivity index (χ3n) is 6.99. The van der Waals surface area contributed by atoms with Crippen molar-refractivity contribution in [2.24, 2.45) is 5.92 Å². The Hall–Kier alpha value is -2.57. The third-order valence-corrected chi connectivity index (χ3v) is 7.28. The van der Waals surface area contributed by atoms with Crippen molar-refractivity contribution in [3.63, 3.8) is 0 Å². The molecule has 0 radical (unpaired) electrons. The molecule has 1 unspecified atom stereocenters. The second-order valence-corrected chi connectivity index (χ2v) is 9.47. The summed E-state index contributed by atoms with van der Waals surface area (Å²) >= 11 is 5.96. The summed E-state index contributed by atoms with van der Waals surface area (Å²) in [5.41, 5.74) is 3.42. The molecule has 4 nitrogen and oxygen atoms in total. The maximum Gasteiger partial charge on any atom is 0.144 e. The smallest absolute Gasteiger partial charge is 0.144 e. The number of fused-ring (bicyclic) bond motifs is 2. The molecule has 0 spiro atoms. The van der Waals surface area contributed by atoms with Crippen LogP contribution in [0.15, 0.2) is 42.6 Å². The van der Waals surface area contributed by atoms with Gasteiger partial charge in [-0.25, -0.2) is 13.8 Å². The Labute approximate surface area is 189 Å². The average Bonchev–Trinajstić information content (AvgIpc) is 3.55. The van der Waals surface area contributed by atoms with E-state index in [1.165, 1.54) is 30.5 Å². The summed E-state index contributed by atoms with van der Waals surface area (Å²) in [6.45, 7) is 1.88. The van der Waals surface area contributed by atoms with E-state index < -0.39 is 5.82 Å². The lowest BCUT2D eigenvalue weighted by atomic mass is 9.86. The number of hydrogen-bond acceptors (Lipinski definition) is 3. The van der Waals surface area contributed by atoms with E-state index in [0.29, 0.717) is 22.9 Å². The van der Waals surface area contributed by atoms with Crippen LogP contribution in [0.5, 0.6) is 0 Å². The van der Waals surface area contributed by atoms with Crippen LogP contribution in [-0.2, 0) is 0 Å². The first-order chi connectivity index (χ1) is 15.6. The summed E-state index contributed by atoms with van der Waals surface area (Å²) in [5.74, 6) is 1.20. The number of imidazole rings is 1. The van der Waals surface area contributed by atoms with Gasteiger partial charge in [-0.3, -0.25) is 9.88 Å². The third kappa shape index (κ3) is 3.55. The SMILES string of the molecule is Fc1ccc2nccc(C3CCN(C(c4nc5cc(Cl)c(F)cc5[nH]4)C4CC4)CC3)c2c1. The van der Waals surface area contributed by atoms with Crippen molar-refractivity contribution in [1.29, 1.82) is 0 Å². The van der Waals surface area contributed by atoms with Gasteiger partial charge in [-0.1, -0.05) is 11.6 Å². The molecule has 6 rings (SSSR count). The Morgan fingerprint density at radius 3 is 2.59 bits per heavy atom. The highest BCUT2D eigenvalue weighted by Crippen LogP contribution is 2.46. The zero-order valence-electron chi connectivity index (χ0n) is 17.5. The van der Waals surface area contributed by atoms with Gasteiger partial charge in [-0.15, -0.1) is 0 Å². The molecule has 7 heteroatoms. The topological polar surface area (TPSA) is 44.8 Å². The van der Waals surface area contributed by atoms with Crippen molar-refractivity contribution in [2.45, 2.75) is 37.6 Å². The van der Waals surface area contributed by atoms with Gasteiger partial charge < -0.3 is 4.98 Å². The number of nitrogens with zero attached hydrogens (tertiary/aromatic N) is 3. The predicted molar refractivity (Wildman–Crippen MR) is 122 cm³/mol. The van der Waals surface area contributed by atoms with Crippen molar-refractivity contribution in [2.75, 3.05) is 13.1 Å². The lowest BCUT2D eigenvalue weighted by molar-refractivity contribution is 0.131. The highest BCUT2D eigenvalue weighted by Gasteiger charge is 2.39. The highest BCUT2D eigenvalue weighted by molar-refractivity contribution is 6.31. The second-order valence-electron chi connectivity index (χ2n) is 9.06. The van der Waals surface area contributed by atoms with Gasteiger partial charge >= 0.3 is 0 Å². The van der Waals surface area contributed by atoms with Crippen molar-refractivity contribution in [3.05, 3.63) is 70.6 Å². The van der Waals surface area contributed by atoms with Gasteiger partial charge in [-0.05, 0) is 86.5 Å². The fraction of sp³-hybridized carbons (Fsp3) is 0.360. The number of pyridine rings is 1. The second kappa shape index (κ2) is 7.78. The molecule has 2 aliphatic rings. The van der Waals surface area contributed by atoms with Gasteiger partial charge in [0.1, 0.15) is 17.5 Å². The Morgan fingerprint density at radius 2 is 1.81 bits per heavy atom. The first-order valence-electron chi connectivity index (χ1n) is 11.2. The molecule has 1 aliphatic carbocycles. The number of halogens is 3. The standard InChI is InChI=1S/C25H23ClF2N4/c26-19-12-22-23(13-20(19)28)31-25(30-22)24(15-1-2-15)32-9-6-14(7-10-32)17-5-8-29-21-4-3-16(27)11-18(17)21/h3-5,8,11-15,24H,1-2,6-7,9-10H2,(H,30,31). The van der Waals surface area contributed by atoms with E-state index in [-0.39, 0.29) is 16.9 Å². The quantitative estimate of drug-likeness (QED) is 0.391. The molecule has 164 valence electrons. The molecule has 1 saturated carbocycles. The molecule has 1 atom stereocenters. The van der Waals surface area contributed by atoms with E-state index >= 15 is 0 Å². The van der Waals surface area contributed by atoms with Crippen LogP contribution in [0, 0.1) is 17.6 Å². The number of rotatable bonds is 4. The zero-order chi connectivity index (χ0) is 21.8. The molecule has 2 fully saturated rings. The summed E-state index contributed by atoms with van der Waals surface area (Å²) in [7, 11) is 0. The normalized spacial score (nSPS) is 19.1. The fourth-order valence-corrected chi connectivity index (χ4v) is 5.41. The number of H-pyrrole nitrogens is 1. The molecule has 1 aliphatic heterocycles. The fourth-order valence-electron chi connectivity index (χ4n) is 5.26. The van der Waals surface area contributed by atoms with Gasteiger partial charge in [0.2, 0.25) is 0 Å². The van der Waals surface area contributed by atoms with Gasteiger partial charge in [0.15, 0.2) is 0 Å². The van der Waals surface area contributed by atoms with E-state index in [1.807, 2.05) is 12.3 Å². The maximum absolute atomic E-state index is 13.9. The lowest BCUT2D eigenvalue weighted by Gasteiger charge is -2.37. The van der Waals surface area contributed by atoms with E-state index in [1.54, 1.807) is 18.2 Å². The van der Waals surface area contributed by atoms with Gasteiger partial charge in [0, 0.05) is 17.6 Å². The Bertz CT molecular complexity index is 1270. The summed E-state index contributed by atoms with van der Waals surface area (Å²) < 4.78 is 27.8. The predicted octanol–water partition coefficient (Wildman–Crippen LogP) is 6.37. The minimum Gasteiger partial charge on any atom is -0.341 e. The number of nitrogens with one attached hydrogen (secondary N) is 1. The molecule has 3 heterocycles. The molecule has 2 aromatic heterocycles. The van der Waals surface area contributed by atoms with E-state index in [9.17, 15) is 8.78 Å². The summed E-state index contributed by atoms with van der Waals surface area (Å²) in [6, 6.07) is 10.1. The molecule has 0 bridgehead atoms. The summed E-state index contributed by atoms with van der Waals surface area (Å²) in [6.07, 6.45) is 6.20. The van der Waals surface area contributed by atoms with Gasteiger partial charge in [-0.2, -0.15) is 0 Å². The Balaban J connectivity index is 1.26. The van der Waals surface area contributed by atoms with E-state index in [4.69, 9.17) is 16.6 Å². The first kappa shape index (κ1) is 20.1. The van der Waals surface area contributed by atoms with Gasteiger partial charge in [0.05, 0.1) is 27.6 Å². The molecular formula is C25H23ClF2N4. The summed E-state index contributed by atoms with van der Waals surface area (Å²) in [4.78, 5) is 15.0. The number of aromatic nitrogens is 3. The lowest BCUT2D eigenvalue weighted by Crippen LogP contribution is -2.37. The van der Waals surface area contributed by atoms with E-state index in [0.717, 1.165) is 42.7 Å². The molecule has 1 saturated heterocycles. The van der Waals surface area contributed by atoms with Crippen LogP contribution in [-0.4, -0.2) is 32.9 Å². The van der Waals surface area contributed by atoms with Crippen molar-refractivity contribution >= 4 is 33.5 Å². The number of likely N-dealkylation sites (tertiary alicyclic amines) is 1. The van der Waals surface area contributed by atoms with Crippen LogP contribution in [0.3, 0.4) is 0 Å². The minimum absolute atomic E-state index is 0.0975. The monoisotopic (exact) mass is 452 g/mol. The number of piperidine rings is 1. The van der Waals surface area contributed by atoms with Crippen molar-refractivity contribution in [3.8, 4) is 0 Å². The van der Waals surface area contributed by atoms with E-state index in [2.05, 4.69) is 14.9 Å². The maximum atomic E-state index is 13.9. The largest absolute Gasteiger partial charge is 0.341 e. The minimum atomic E-state index is -0.431. The van der Waals surface area contributed by atoms with Gasteiger partial charge in [0.25, 0.3) is 0 Å². The van der Waals surface area contributed by atoms with Crippen molar-refractivity contribution < 1.29 is 8.78 Å². The van der Waals surface area contributed by atoms with Crippen LogP contribution in [0.2, 0.25) is 5.02 Å². The van der Waals surface area contributed by atoms with Crippen LogP contribution >= 0.6 is 11.6 Å². The summed E-state index contributed by atoms with van der Waals surface area (Å²) in [5, 5.41) is 1.02. The number of benzene rings is 2. The molecule has 2 aromatic carbocycles. The van der Waals surface area contributed by atoms with Crippen molar-refractivity contribution in [1.82, 2.24) is 19.9 Å². The average molecular weight is 453 g/mol. The first-order valence-corrected chi connectivity index (χ1v) is 11.6. The molecular weight excluding hydrogens is 430 g/mol. The Morgan fingerprint density at radius 1 is 1.00 bits per heavy atom.